The second-order valence-corrected chi connectivity index (χ2v) is 7.36. The summed E-state index contributed by atoms with van der Waals surface area (Å²) in [4.78, 5) is 27.3. The van der Waals surface area contributed by atoms with E-state index in [-0.39, 0.29) is 16.3 Å². The maximum atomic E-state index is 12.5. The van der Waals surface area contributed by atoms with Crippen LogP contribution < -0.4 is 5.32 Å². The standard InChI is InChI=1S/C22H16ClN3O4/c1-12-7-13(2)9-14(8-12)22-25-19-10-15(3-6-20(19)30-22)24-21(27)17-5-4-16(26(28)29)11-18(17)23/h3-11H,1-2H3,(H,24,27). The molecule has 0 radical (unpaired) electrons. The Balaban J connectivity index is 1.61. The molecule has 7 nitrogen and oxygen atoms in total. The van der Waals surface area contributed by atoms with Crippen LogP contribution in [0.5, 0.6) is 0 Å². The van der Waals surface area contributed by atoms with Crippen LogP contribution in [0.2, 0.25) is 5.02 Å². The number of halogens is 1. The van der Waals surface area contributed by atoms with Gasteiger partial charge in [-0.05, 0) is 50.2 Å². The minimum atomic E-state index is -0.570. The molecule has 0 aliphatic carbocycles. The Labute approximate surface area is 176 Å². The normalized spacial score (nSPS) is 10.9. The molecule has 0 saturated carbocycles. The molecule has 0 aliphatic rings. The average Bonchev–Trinajstić information content (AvgIpc) is 3.10. The molecular weight excluding hydrogens is 406 g/mol. The maximum Gasteiger partial charge on any atom is 0.270 e. The van der Waals surface area contributed by atoms with E-state index in [0.29, 0.717) is 22.7 Å². The first-order chi connectivity index (χ1) is 14.3. The third-order valence-electron chi connectivity index (χ3n) is 4.52. The number of fused-ring (bicyclic) bond motifs is 1. The van der Waals surface area contributed by atoms with Crippen molar-refractivity contribution < 1.29 is 14.1 Å². The van der Waals surface area contributed by atoms with Crippen LogP contribution in [0.3, 0.4) is 0 Å². The summed E-state index contributed by atoms with van der Waals surface area (Å²) in [6, 6.07) is 14.9. The Morgan fingerprint density at radius 2 is 1.80 bits per heavy atom. The largest absolute Gasteiger partial charge is 0.436 e. The number of non-ortho nitro benzene ring substituents is 1. The van der Waals surface area contributed by atoms with Crippen LogP contribution in [-0.4, -0.2) is 15.8 Å². The molecule has 4 rings (SSSR count). The Hall–Kier alpha value is -3.71. The van der Waals surface area contributed by atoms with Crippen molar-refractivity contribution in [1.82, 2.24) is 4.98 Å². The van der Waals surface area contributed by atoms with E-state index in [4.69, 9.17) is 16.0 Å². The molecule has 0 bridgehead atoms. The Bertz CT molecular complexity index is 1290. The molecule has 0 saturated heterocycles. The predicted molar refractivity (Wildman–Crippen MR) is 115 cm³/mol. The van der Waals surface area contributed by atoms with E-state index < -0.39 is 10.8 Å². The highest BCUT2D eigenvalue weighted by Crippen LogP contribution is 2.28. The van der Waals surface area contributed by atoms with Crippen molar-refractivity contribution in [1.29, 1.82) is 0 Å². The van der Waals surface area contributed by atoms with Gasteiger partial charge in [0.25, 0.3) is 11.6 Å². The van der Waals surface area contributed by atoms with Gasteiger partial charge in [0.2, 0.25) is 5.89 Å². The van der Waals surface area contributed by atoms with Crippen molar-refractivity contribution in [2.75, 3.05) is 5.32 Å². The quantitative estimate of drug-likeness (QED) is 0.325. The third kappa shape index (κ3) is 3.88. The van der Waals surface area contributed by atoms with Gasteiger partial charge in [0.15, 0.2) is 5.58 Å². The molecular formula is C22H16ClN3O4. The predicted octanol–water partition coefficient (Wildman–Crippen LogP) is 5.93. The number of aromatic nitrogens is 1. The van der Waals surface area contributed by atoms with E-state index in [1.807, 2.05) is 26.0 Å². The van der Waals surface area contributed by atoms with Crippen molar-refractivity contribution in [3.8, 4) is 11.5 Å². The van der Waals surface area contributed by atoms with Gasteiger partial charge in [-0.25, -0.2) is 4.98 Å². The number of anilines is 1. The summed E-state index contributed by atoms with van der Waals surface area (Å²) in [6.07, 6.45) is 0. The summed E-state index contributed by atoms with van der Waals surface area (Å²) in [6.45, 7) is 4.02. The van der Waals surface area contributed by atoms with Crippen LogP contribution in [0, 0.1) is 24.0 Å². The molecule has 0 spiro atoms. The van der Waals surface area contributed by atoms with Gasteiger partial charge in [-0.15, -0.1) is 0 Å². The molecule has 30 heavy (non-hydrogen) atoms. The Morgan fingerprint density at radius 3 is 2.47 bits per heavy atom. The number of nitro groups is 1. The van der Waals surface area contributed by atoms with Gasteiger partial charge < -0.3 is 9.73 Å². The fourth-order valence-electron chi connectivity index (χ4n) is 3.23. The highest BCUT2D eigenvalue weighted by molar-refractivity contribution is 6.34. The number of nitrogens with zero attached hydrogens (tertiary/aromatic N) is 2. The first-order valence-corrected chi connectivity index (χ1v) is 9.42. The molecule has 8 heteroatoms. The van der Waals surface area contributed by atoms with Crippen molar-refractivity contribution in [2.24, 2.45) is 0 Å². The zero-order valence-corrected chi connectivity index (χ0v) is 16.9. The Kier molecular flexibility index (Phi) is 4.97. The van der Waals surface area contributed by atoms with Gasteiger partial charge in [-0.1, -0.05) is 28.8 Å². The third-order valence-corrected chi connectivity index (χ3v) is 4.83. The second-order valence-electron chi connectivity index (χ2n) is 6.95. The molecule has 4 aromatic rings. The molecule has 0 aliphatic heterocycles. The molecule has 0 fully saturated rings. The van der Waals surface area contributed by atoms with Crippen LogP contribution in [0.25, 0.3) is 22.6 Å². The SMILES string of the molecule is Cc1cc(C)cc(-c2nc3cc(NC(=O)c4ccc([N+](=O)[O-])cc4Cl)ccc3o2)c1. The van der Waals surface area contributed by atoms with Crippen LogP contribution in [-0.2, 0) is 0 Å². The van der Waals surface area contributed by atoms with E-state index >= 15 is 0 Å². The van der Waals surface area contributed by atoms with Crippen LogP contribution in [0.1, 0.15) is 21.5 Å². The molecule has 150 valence electrons. The fourth-order valence-corrected chi connectivity index (χ4v) is 3.49. The number of carbonyl (C=O) groups excluding carboxylic acids is 1. The molecule has 1 amide bonds. The van der Waals surface area contributed by atoms with Gasteiger partial charge >= 0.3 is 0 Å². The zero-order valence-electron chi connectivity index (χ0n) is 16.1. The molecule has 1 N–H and O–H groups in total. The minimum Gasteiger partial charge on any atom is -0.436 e. The summed E-state index contributed by atoms with van der Waals surface area (Å²) < 4.78 is 5.85. The van der Waals surface area contributed by atoms with E-state index in [0.717, 1.165) is 22.8 Å². The van der Waals surface area contributed by atoms with E-state index in [9.17, 15) is 14.9 Å². The van der Waals surface area contributed by atoms with Crippen molar-refractivity contribution in [2.45, 2.75) is 13.8 Å². The number of hydrogen-bond donors (Lipinski definition) is 1. The number of nitro benzene ring substituents is 1. The van der Waals surface area contributed by atoms with Crippen molar-refractivity contribution in [3.05, 3.63) is 86.4 Å². The molecule has 1 aromatic heterocycles. The summed E-state index contributed by atoms with van der Waals surface area (Å²) in [5, 5.41) is 13.6. The lowest BCUT2D eigenvalue weighted by molar-refractivity contribution is -0.384. The Morgan fingerprint density at radius 1 is 1.07 bits per heavy atom. The van der Waals surface area contributed by atoms with Crippen LogP contribution in [0.15, 0.2) is 59.0 Å². The number of aryl methyl sites for hydroxylation is 2. The summed E-state index contributed by atoms with van der Waals surface area (Å²) in [5.74, 6) is 0.0194. The van der Waals surface area contributed by atoms with Gasteiger partial charge in [0, 0.05) is 23.4 Å². The minimum absolute atomic E-state index is 0.00122. The van der Waals surface area contributed by atoms with Gasteiger partial charge in [-0.3, -0.25) is 14.9 Å². The number of benzene rings is 3. The fraction of sp³-hybridized carbons (Fsp3) is 0.0909. The number of hydrogen-bond acceptors (Lipinski definition) is 5. The number of oxazole rings is 1. The van der Waals surface area contributed by atoms with Gasteiger partial charge in [-0.2, -0.15) is 0 Å². The van der Waals surface area contributed by atoms with E-state index in [2.05, 4.69) is 16.4 Å². The lowest BCUT2D eigenvalue weighted by Crippen LogP contribution is -2.12. The number of amides is 1. The lowest BCUT2D eigenvalue weighted by atomic mass is 10.1. The number of carbonyl (C=O) groups is 1. The molecule has 0 unspecified atom stereocenters. The van der Waals surface area contributed by atoms with Gasteiger partial charge in [0.1, 0.15) is 5.52 Å². The molecule has 1 heterocycles. The average molecular weight is 422 g/mol. The first kappa shape index (κ1) is 19.6. The number of rotatable bonds is 4. The highest BCUT2D eigenvalue weighted by Gasteiger charge is 2.16. The lowest BCUT2D eigenvalue weighted by Gasteiger charge is -2.06. The van der Waals surface area contributed by atoms with Gasteiger partial charge in [0.05, 0.1) is 15.5 Å². The van der Waals surface area contributed by atoms with E-state index in [1.165, 1.54) is 12.1 Å². The zero-order chi connectivity index (χ0) is 21.4. The van der Waals surface area contributed by atoms with Crippen LogP contribution >= 0.6 is 11.6 Å². The van der Waals surface area contributed by atoms with Crippen molar-refractivity contribution in [3.63, 3.8) is 0 Å². The van der Waals surface area contributed by atoms with Crippen molar-refractivity contribution >= 4 is 40.0 Å². The maximum absolute atomic E-state index is 12.5. The highest BCUT2D eigenvalue weighted by atomic mass is 35.5. The second kappa shape index (κ2) is 7.61. The van der Waals surface area contributed by atoms with E-state index in [1.54, 1.807) is 18.2 Å². The topological polar surface area (TPSA) is 98.3 Å². The molecule has 3 aromatic carbocycles. The first-order valence-electron chi connectivity index (χ1n) is 9.05. The smallest absolute Gasteiger partial charge is 0.270 e. The molecule has 0 atom stereocenters. The number of nitrogens with one attached hydrogen (secondary N) is 1. The van der Waals surface area contributed by atoms with Crippen LogP contribution in [0.4, 0.5) is 11.4 Å². The summed E-state index contributed by atoms with van der Waals surface area (Å²) in [7, 11) is 0. The summed E-state index contributed by atoms with van der Waals surface area (Å²) in [5.41, 5.74) is 4.75. The monoisotopic (exact) mass is 421 g/mol. The summed E-state index contributed by atoms with van der Waals surface area (Å²) >= 11 is 6.03.